The average Bonchev–Trinajstić information content (AvgIpc) is 3.07. The van der Waals surface area contributed by atoms with Gasteiger partial charge in [-0.05, 0) is 57.0 Å². The maximum absolute atomic E-state index is 12.9. The Hall–Kier alpha value is -3.74. The molecule has 0 aliphatic rings. The number of hydrogen-bond donors (Lipinski definition) is 1. The molecule has 7 heteroatoms. The molecular weight excluding hydrogens is 378 g/mol. The summed E-state index contributed by atoms with van der Waals surface area (Å²) < 4.78 is 7.17. The molecule has 2 aromatic heterocycles. The van der Waals surface area contributed by atoms with Gasteiger partial charge in [0.15, 0.2) is 11.3 Å². The second-order valence-corrected chi connectivity index (χ2v) is 7.28. The number of hydrogen-bond acceptors (Lipinski definition) is 5. The quantitative estimate of drug-likeness (QED) is 0.552. The molecule has 0 aliphatic carbocycles. The maximum atomic E-state index is 12.9. The SMILES string of the molecule is COc1ccccc1-c1c(C)nn2c(C)c(C(=O)Nc3ccc(C)c(C)c3)nnc12. The van der Waals surface area contributed by atoms with Crippen molar-refractivity contribution in [1.82, 2.24) is 19.8 Å². The highest BCUT2D eigenvalue weighted by atomic mass is 16.5. The van der Waals surface area contributed by atoms with E-state index in [0.29, 0.717) is 11.3 Å². The number of amides is 1. The van der Waals surface area contributed by atoms with Crippen LogP contribution >= 0.6 is 0 Å². The summed E-state index contributed by atoms with van der Waals surface area (Å²) in [6.07, 6.45) is 0. The minimum atomic E-state index is -0.322. The number of methoxy groups -OCH3 is 1. The first-order chi connectivity index (χ1) is 14.4. The smallest absolute Gasteiger partial charge is 0.278 e. The topological polar surface area (TPSA) is 81.4 Å². The average molecular weight is 401 g/mol. The van der Waals surface area contributed by atoms with Crippen LogP contribution in [0.1, 0.15) is 33.0 Å². The molecule has 0 spiro atoms. The predicted octanol–water partition coefficient (Wildman–Crippen LogP) is 4.29. The van der Waals surface area contributed by atoms with Crippen molar-refractivity contribution in [3.63, 3.8) is 0 Å². The Labute approximate surface area is 174 Å². The summed E-state index contributed by atoms with van der Waals surface area (Å²) in [4.78, 5) is 12.9. The molecule has 2 aromatic carbocycles. The van der Waals surface area contributed by atoms with Crippen LogP contribution in [0.4, 0.5) is 5.69 Å². The van der Waals surface area contributed by atoms with Crippen molar-refractivity contribution in [2.45, 2.75) is 27.7 Å². The fourth-order valence-corrected chi connectivity index (χ4v) is 3.50. The van der Waals surface area contributed by atoms with Crippen molar-refractivity contribution in [3.05, 3.63) is 70.7 Å². The number of carbonyl (C=O) groups excluding carboxylic acids is 1. The van der Waals surface area contributed by atoms with E-state index in [-0.39, 0.29) is 11.6 Å². The van der Waals surface area contributed by atoms with Gasteiger partial charge in [0, 0.05) is 11.3 Å². The van der Waals surface area contributed by atoms with Crippen LogP contribution in [0.3, 0.4) is 0 Å². The summed E-state index contributed by atoms with van der Waals surface area (Å²) in [5, 5.41) is 16.1. The molecule has 4 aromatic rings. The van der Waals surface area contributed by atoms with Gasteiger partial charge in [-0.3, -0.25) is 4.79 Å². The zero-order chi connectivity index (χ0) is 21.4. The van der Waals surface area contributed by atoms with Gasteiger partial charge in [-0.1, -0.05) is 24.3 Å². The number of aromatic nitrogens is 4. The summed E-state index contributed by atoms with van der Waals surface area (Å²) in [6.45, 7) is 7.76. The largest absolute Gasteiger partial charge is 0.496 e. The van der Waals surface area contributed by atoms with Crippen molar-refractivity contribution in [1.29, 1.82) is 0 Å². The lowest BCUT2D eigenvalue weighted by Crippen LogP contribution is -2.18. The second-order valence-electron chi connectivity index (χ2n) is 7.28. The second kappa shape index (κ2) is 7.59. The van der Waals surface area contributed by atoms with Gasteiger partial charge in [0.05, 0.1) is 24.1 Å². The van der Waals surface area contributed by atoms with Gasteiger partial charge in [-0.2, -0.15) is 5.10 Å². The molecule has 0 saturated heterocycles. The van der Waals surface area contributed by atoms with E-state index in [1.807, 2.05) is 70.2 Å². The number of nitrogens with one attached hydrogen (secondary N) is 1. The molecule has 0 radical (unpaired) electrons. The van der Waals surface area contributed by atoms with Crippen LogP contribution in [-0.4, -0.2) is 32.8 Å². The summed E-state index contributed by atoms with van der Waals surface area (Å²) >= 11 is 0. The number of para-hydroxylation sites is 1. The Morgan fingerprint density at radius 1 is 1.00 bits per heavy atom. The lowest BCUT2D eigenvalue weighted by Gasteiger charge is -2.10. The first-order valence-electron chi connectivity index (χ1n) is 9.65. The Morgan fingerprint density at radius 3 is 2.50 bits per heavy atom. The molecule has 7 nitrogen and oxygen atoms in total. The summed E-state index contributed by atoms with van der Waals surface area (Å²) in [5.41, 5.74) is 6.92. The van der Waals surface area contributed by atoms with Gasteiger partial charge in [-0.15, -0.1) is 10.2 Å². The van der Waals surface area contributed by atoms with Crippen molar-refractivity contribution in [3.8, 4) is 16.9 Å². The minimum absolute atomic E-state index is 0.231. The maximum Gasteiger partial charge on any atom is 0.278 e. The molecule has 0 bridgehead atoms. The molecule has 1 amide bonds. The van der Waals surface area contributed by atoms with E-state index < -0.39 is 0 Å². The van der Waals surface area contributed by atoms with Gasteiger partial charge in [0.1, 0.15) is 5.75 Å². The number of anilines is 1. The van der Waals surface area contributed by atoms with Gasteiger partial charge in [0.2, 0.25) is 0 Å². The van der Waals surface area contributed by atoms with E-state index in [0.717, 1.165) is 33.8 Å². The van der Waals surface area contributed by atoms with Crippen molar-refractivity contribution in [2.75, 3.05) is 12.4 Å². The van der Waals surface area contributed by atoms with Crippen molar-refractivity contribution in [2.24, 2.45) is 0 Å². The molecule has 152 valence electrons. The highest BCUT2D eigenvalue weighted by Crippen LogP contribution is 2.34. The minimum Gasteiger partial charge on any atom is -0.496 e. The zero-order valence-corrected chi connectivity index (χ0v) is 17.6. The molecule has 2 heterocycles. The van der Waals surface area contributed by atoms with Gasteiger partial charge in [0.25, 0.3) is 5.91 Å². The van der Waals surface area contributed by atoms with E-state index in [1.165, 1.54) is 5.56 Å². The molecule has 0 unspecified atom stereocenters. The molecule has 0 atom stereocenters. The third-order valence-electron chi connectivity index (χ3n) is 5.30. The highest BCUT2D eigenvalue weighted by Gasteiger charge is 2.22. The Morgan fingerprint density at radius 2 is 1.77 bits per heavy atom. The summed E-state index contributed by atoms with van der Waals surface area (Å²) in [6, 6.07) is 13.5. The van der Waals surface area contributed by atoms with Gasteiger partial charge < -0.3 is 10.1 Å². The van der Waals surface area contributed by atoms with E-state index in [1.54, 1.807) is 11.6 Å². The van der Waals surface area contributed by atoms with Crippen LogP contribution in [0.5, 0.6) is 5.75 Å². The number of fused-ring (bicyclic) bond motifs is 1. The first kappa shape index (κ1) is 19.6. The van der Waals surface area contributed by atoms with Crippen LogP contribution in [0, 0.1) is 27.7 Å². The molecule has 30 heavy (non-hydrogen) atoms. The van der Waals surface area contributed by atoms with Gasteiger partial charge in [-0.25, -0.2) is 4.52 Å². The summed E-state index contributed by atoms with van der Waals surface area (Å²) in [7, 11) is 1.63. The van der Waals surface area contributed by atoms with Crippen molar-refractivity contribution < 1.29 is 9.53 Å². The van der Waals surface area contributed by atoms with E-state index in [9.17, 15) is 4.79 Å². The Bertz CT molecular complexity index is 1280. The third kappa shape index (κ3) is 3.28. The van der Waals surface area contributed by atoms with Crippen molar-refractivity contribution >= 4 is 17.2 Å². The van der Waals surface area contributed by atoms with Crippen LogP contribution in [-0.2, 0) is 0 Å². The number of rotatable bonds is 4. The lowest BCUT2D eigenvalue weighted by atomic mass is 10.1. The number of ether oxygens (including phenoxy) is 1. The number of benzene rings is 2. The van der Waals surface area contributed by atoms with Gasteiger partial charge >= 0.3 is 0 Å². The first-order valence-corrected chi connectivity index (χ1v) is 9.65. The standard InChI is InChI=1S/C23H23N5O2/c1-13-10-11-17(12-14(13)2)24-23(29)21-16(4)28-22(26-25-21)20(15(3)27-28)18-8-6-7-9-19(18)30-5/h6-12H,1-5H3,(H,24,29). The normalized spacial score (nSPS) is 11.0. The molecule has 0 fully saturated rings. The van der Waals surface area contributed by atoms with E-state index >= 15 is 0 Å². The van der Waals surface area contributed by atoms with E-state index in [4.69, 9.17) is 4.74 Å². The monoisotopic (exact) mass is 401 g/mol. The number of nitrogens with zero attached hydrogens (tertiary/aromatic N) is 4. The van der Waals surface area contributed by atoms with E-state index in [2.05, 4.69) is 20.6 Å². The molecule has 4 rings (SSSR count). The highest BCUT2D eigenvalue weighted by molar-refractivity contribution is 6.03. The van der Waals surface area contributed by atoms with Crippen LogP contribution < -0.4 is 10.1 Å². The Balaban J connectivity index is 1.76. The fourth-order valence-electron chi connectivity index (χ4n) is 3.50. The fraction of sp³-hybridized carbons (Fsp3) is 0.217. The molecule has 0 saturated carbocycles. The molecule has 0 aliphatic heterocycles. The summed E-state index contributed by atoms with van der Waals surface area (Å²) in [5.74, 6) is 0.406. The van der Waals surface area contributed by atoms with Crippen LogP contribution in [0.25, 0.3) is 16.8 Å². The number of carbonyl (C=O) groups is 1. The molecular formula is C23H23N5O2. The Kier molecular flexibility index (Phi) is 4.95. The zero-order valence-electron chi connectivity index (χ0n) is 17.6. The van der Waals surface area contributed by atoms with Crippen LogP contribution in [0.2, 0.25) is 0 Å². The van der Waals surface area contributed by atoms with Crippen LogP contribution in [0.15, 0.2) is 42.5 Å². The third-order valence-corrected chi connectivity index (χ3v) is 5.30. The predicted molar refractivity (Wildman–Crippen MR) is 116 cm³/mol. The molecule has 1 N–H and O–H groups in total. The lowest BCUT2D eigenvalue weighted by molar-refractivity contribution is 0.102. The number of aryl methyl sites for hydroxylation is 4.